The Bertz CT molecular complexity index is 1120. The number of ether oxygens (including phenoxy) is 1. The van der Waals surface area contributed by atoms with Crippen molar-refractivity contribution >= 4 is 33.2 Å². The number of carbonyl (C=O) groups excluding carboxylic acids is 2. The molecule has 1 aromatic heterocycles. The van der Waals surface area contributed by atoms with Crippen LogP contribution in [0.4, 0.5) is 11.5 Å². The van der Waals surface area contributed by atoms with Crippen LogP contribution in [0.3, 0.4) is 0 Å². The third-order valence-corrected chi connectivity index (χ3v) is 6.81. The van der Waals surface area contributed by atoms with Crippen molar-refractivity contribution in [2.24, 2.45) is 0 Å². The quantitative estimate of drug-likeness (QED) is 0.723. The van der Waals surface area contributed by atoms with E-state index in [0.29, 0.717) is 31.1 Å². The van der Waals surface area contributed by atoms with Gasteiger partial charge in [-0.15, -0.1) is 0 Å². The molecule has 1 fully saturated rings. The lowest BCUT2D eigenvalue weighted by atomic mass is 10.0. The van der Waals surface area contributed by atoms with Crippen LogP contribution in [0.5, 0.6) is 0 Å². The Balaban J connectivity index is 1.77. The van der Waals surface area contributed by atoms with Crippen molar-refractivity contribution in [3.8, 4) is 11.1 Å². The SMILES string of the molecule is CC(=O)N1c2ncc(-c3ccc(S(C)(=O)=O)cc3)cc2N(C(=O)C2CCCO2)C[C@@H]1C. The van der Waals surface area contributed by atoms with E-state index in [0.717, 1.165) is 23.8 Å². The number of hydrogen-bond acceptors (Lipinski definition) is 6. The van der Waals surface area contributed by atoms with Crippen molar-refractivity contribution in [2.45, 2.75) is 43.7 Å². The van der Waals surface area contributed by atoms with Gasteiger partial charge in [0.05, 0.1) is 16.6 Å². The van der Waals surface area contributed by atoms with Crippen LogP contribution in [0.1, 0.15) is 26.7 Å². The van der Waals surface area contributed by atoms with E-state index >= 15 is 0 Å². The van der Waals surface area contributed by atoms with Gasteiger partial charge in [0, 0.05) is 38.1 Å². The van der Waals surface area contributed by atoms with Gasteiger partial charge in [0.25, 0.3) is 5.91 Å². The normalized spacial score (nSPS) is 21.1. The molecule has 2 aliphatic heterocycles. The molecule has 2 atom stereocenters. The number of sulfone groups is 1. The molecule has 164 valence electrons. The molecule has 8 nitrogen and oxygen atoms in total. The lowest BCUT2D eigenvalue weighted by molar-refractivity contribution is -0.127. The Morgan fingerprint density at radius 3 is 2.45 bits per heavy atom. The monoisotopic (exact) mass is 443 g/mol. The van der Waals surface area contributed by atoms with Gasteiger partial charge in [-0.25, -0.2) is 13.4 Å². The largest absolute Gasteiger partial charge is 0.368 e. The topological polar surface area (TPSA) is 96.9 Å². The van der Waals surface area contributed by atoms with Crippen molar-refractivity contribution < 1.29 is 22.7 Å². The Morgan fingerprint density at radius 1 is 1.16 bits per heavy atom. The lowest BCUT2D eigenvalue weighted by Gasteiger charge is -2.40. The summed E-state index contributed by atoms with van der Waals surface area (Å²) in [6, 6.07) is 8.11. The van der Waals surface area contributed by atoms with Gasteiger partial charge in [-0.1, -0.05) is 12.1 Å². The first-order valence-corrected chi connectivity index (χ1v) is 12.1. The first-order chi connectivity index (χ1) is 14.7. The van der Waals surface area contributed by atoms with Crippen LogP contribution in [-0.4, -0.2) is 56.8 Å². The minimum Gasteiger partial charge on any atom is -0.368 e. The first-order valence-electron chi connectivity index (χ1n) is 10.2. The van der Waals surface area contributed by atoms with Crippen LogP contribution in [0.15, 0.2) is 41.4 Å². The zero-order valence-electron chi connectivity index (χ0n) is 17.7. The molecule has 0 N–H and O–H groups in total. The predicted molar refractivity (Wildman–Crippen MR) is 117 cm³/mol. The molecule has 1 unspecified atom stereocenters. The van der Waals surface area contributed by atoms with Gasteiger partial charge in [0.1, 0.15) is 6.10 Å². The van der Waals surface area contributed by atoms with Crippen molar-refractivity contribution in [3.05, 3.63) is 36.5 Å². The molecule has 0 spiro atoms. The Labute approximate surface area is 181 Å². The Morgan fingerprint density at radius 2 is 1.87 bits per heavy atom. The second-order valence-electron chi connectivity index (χ2n) is 8.05. The van der Waals surface area contributed by atoms with E-state index < -0.39 is 15.9 Å². The molecular weight excluding hydrogens is 418 g/mol. The summed E-state index contributed by atoms with van der Waals surface area (Å²) in [4.78, 5) is 33.5. The number of hydrogen-bond donors (Lipinski definition) is 0. The summed E-state index contributed by atoms with van der Waals surface area (Å²) < 4.78 is 29.1. The highest BCUT2D eigenvalue weighted by Gasteiger charge is 2.38. The summed E-state index contributed by atoms with van der Waals surface area (Å²) in [6.45, 7) is 4.29. The van der Waals surface area contributed by atoms with E-state index in [-0.39, 0.29) is 22.8 Å². The Kier molecular flexibility index (Phi) is 5.57. The maximum atomic E-state index is 13.2. The Hall–Kier alpha value is -2.78. The van der Waals surface area contributed by atoms with E-state index in [1.165, 1.54) is 6.92 Å². The third-order valence-electron chi connectivity index (χ3n) is 5.68. The summed E-state index contributed by atoms with van der Waals surface area (Å²) >= 11 is 0. The molecule has 0 saturated carbocycles. The fourth-order valence-electron chi connectivity index (χ4n) is 4.15. The van der Waals surface area contributed by atoms with E-state index in [2.05, 4.69) is 4.98 Å². The van der Waals surface area contributed by atoms with Crippen LogP contribution >= 0.6 is 0 Å². The van der Waals surface area contributed by atoms with Crippen LogP contribution < -0.4 is 9.80 Å². The fourth-order valence-corrected chi connectivity index (χ4v) is 4.78. The van der Waals surface area contributed by atoms with Gasteiger partial charge in [0.2, 0.25) is 5.91 Å². The minimum atomic E-state index is -3.30. The highest BCUT2D eigenvalue weighted by atomic mass is 32.2. The maximum absolute atomic E-state index is 13.2. The van der Waals surface area contributed by atoms with E-state index in [1.807, 2.05) is 13.0 Å². The van der Waals surface area contributed by atoms with Gasteiger partial charge in [-0.2, -0.15) is 0 Å². The number of nitrogens with zero attached hydrogens (tertiary/aromatic N) is 3. The number of benzene rings is 1. The second-order valence-corrected chi connectivity index (χ2v) is 10.1. The zero-order chi connectivity index (χ0) is 22.3. The highest BCUT2D eigenvalue weighted by Crippen LogP contribution is 2.38. The molecule has 31 heavy (non-hydrogen) atoms. The molecule has 3 heterocycles. The fraction of sp³-hybridized carbons (Fsp3) is 0.409. The van der Waals surface area contributed by atoms with Crippen LogP contribution in [0.25, 0.3) is 11.1 Å². The average Bonchev–Trinajstić information content (AvgIpc) is 3.26. The molecule has 9 heteroatoms. The summed E-state index contributed by atoms with van der Waals surface area (Å²) in [7, 11) is -3.30. The van der Waals surface area contributed by atoms with E-state index in [1.54, 1.807) is 40.3 Å². The molecule has 4 rings (SSSR count). The standard InChI is InChI=1S/C22H25N3O5S/c1-14-13-24(22(27)20-5-4-10-30-20)19-11-17(12-23-21(19)25(14)15(2)26)16-6-8-18(9-7-16)31(3,28)29/h6-9,11-12,14,20H,4-5,10,13H2,1-3H3/t14-,20?/m0/s1. The zero-order valence-corrected chi connectivity index (χ0v) is 18.6. The van der Waals surface area contributed by atoms with Crippen molar-refractivity contribution in [1.29, 1.82) is 0 Å². The number of pyridine rings is 1. The summed E-state index contributed by atoms with van der Waals surface area (Å²) in [5.41, 5.74) is 2.04. The number of carbonyl (C=O) groups is 2. The molecule has 0 bridgehead atoms. The van der Waals surface area contributed by atoms with Gasteiger partial charge < -0.3 is 9.64 Å². The molecular formula is C22H25N3O5S. The average molecular weight is 444 g/mol. The van der Waals surface area contributed by atoms with Crippen molar-refractivity contribution in [1.82, 2.24) is 4.98 Å². The molecule has 0 radical (unpaired) electrons. The number of rotatable bonds is 3. The smallest absolute Gasteiger partial charge is 0.256 e. The first kappa shape index (κ1) is 21.5. The maximum Gasteiger partial charge on any atom is 0.256 e. The third kappa shape index (κ3) is 4.07. The summed E-state index contributed by atoms with van der Waals surface area (Å²) in [5, 5.41) is 0. The number of amides is 2. The highest BCUT2D eigenvalue weighted by molar-refractivity contribution is 7.90. The molecule has 1 aromatic carbocycles. The van der Waals surface area contributed by atoms with E-state index in [4.69, 9.17) is 4.74 Å². The molecule has 1 saturated heterocycles. The molecule has 0 aliphatic carbocycles. The molecule has 2 aliphatic rings. The van der Waals surface area contributed by atoms with Crippen LogP contribution in [-0.2, 0) is 24.2 Å². The summed E-state index contributed by atoms with van der Waals surface area (Å²) in [6.07, 6.45) is 3.83. The van der Waals surface area contributed by atoms with Crippen LogP contribution in [0.2, 0.25) is 0 Å². The van der Waals surface area contributed by atoms with Gasteiger partial charge in [0.15, 0.2) is 15.7 Å². The summed E-state index contributed by atoms with van der Waals surface area (Å²) in [5.74, 6) is 0.171. The lowest BCUT2D eigenvalue weighted by Crippen LogP contribution is -2.53. The van der Waals surface area contributed by atoms with Crippen molar-refractivity contribution in [2.75, 3.05) is 29.2 Å². The van der Waals surface area contributed by atoms with Crippen LogP contribution in [0, 0.1) is 0 Å². The molecule has 2 amide bonds. The molecule has 2 aromatic rings. The van der Waals surface area contributed by atoms with Gasteiger partial charge in [-0.05, 0) is 43.5 Å². The second kappa shape index (κ2) is 8.05. The number of aromatic nitrogens is 1. The minimum absolute atomic E-state index is 0.125. The number of anilines is 2. The predicted octanol–water partition coefficient (Wildman–Crippen LogP) is 2.42. The van der Waals surface area contributed by atoms with Gasteiger partial charge >= 0.3 is 0 Å². The van der Waals surface area contributed by atoms with Crippen molar-refractivity contribution in [3.63, 3.8) is 0 Å². The van der Waals surface area contributed by atoms with E-state index in [9.17, 15) is 18.0 Å². The van der Waals surface area contributed by atoms with Gasteiger partial charge in [-0.3, -0.25) is 14.5 Å². The number of fused-ring (bicyclic) bond motifs is 1.